The number of aromatic nitrogens is 2. The molecule has 0 unspecified atom stereocenters. The van der Waals surface area contributed by atoms with Gasteiger partial charge < -0.3 is 14.8 Å². The predicted molar refractivity (Wildman–Crippen MR) is 105 cm³/mol. The van der Waals surface area contributed by atoms with Crippen LogP contribution in [0.3, 0.4) is 0 Å². The highest BCUT2D eigenvalue weighted by Crippen LogP contribution is 2.35. The van der Waals surface area contributed by atoms with E-state index >= 15 is 0 Å². The zero-order valence-corrected chi connectivity index (χ0v) is 15.6. The molecule has 1 saturated heterocycles. The molecule has 5 rings (SSSR count). The number of rotatable bonds is 3. The number of allylic oxidation sites excluding steroid dienone is 2. The number of nitrogens with one attached hydrogen (secondary N) is 1. The maximum absolute atomic E-state index is 13.2. The molecule has 2 aromatic rings. The number of hydrogen-bond donors (Lipinski definition) is 1. The maximum Gasteiger partial charge on any atom is 0.274 e. The molecule has 3 aliphatic rings. The molecule has 1 aromatic carbocycles. The number of carbonyl (C=O) groups excluding carboxylic acids is 2. The summed E-state index contributed by atoms with van der Waals surface area (Å²) < 4.78 is 0. The first-order chi connectivity index (χ1) is 13.6. The number of aliphatic imine (C=N–C) groups is 1. The molecule has 7 nitrogen and oxygen atoms in total. The Morgan fingerprint density at radius 1 is 1.32 bits per heavy atom. The largest absolute Gasteiger partial charge is 0.340 e. The highest BCUT2D eigenvalue weighted by Gasteiger charge is 2.48. The average molecular weight is 375 g/mol. The summed E-state index contributed by atoms with van der Waals surface area (Å²) in [5.74, 6) is 1.09. The number of amides is 2. The van der Waals surface area contributed by atoms with E-state index in [-0.39, 0.29) is 24.3 Å². The number of likely N-dealkylation sites (tertiary alicyclic amines) is 1. The zero-order chi connectivity index (χ0) is 19.3. The van der Waals surface area contributed by atoms with Crippen LogP contribution in [-0.4, -0.2) is 49.5 Å². The number of amidine groups is 1. The Bertz CT molecular complexity index is 1030. The lowest BCUT2D eigenvalue weighted by Gasteiger charge is -2.34. The number of para-hydroxylation sites is 2. The molecule has 1 fully saturated rings. The molecule has 0 bridgehead atoms. The standard InChI is InChI=1S/C21H21N5O2/c1-21(20(28)24-17-10-4-5-12-26(17)21)13-18(27)25-11-6-9-16(25)19-22-14-7-2-3-8-15(14)23-19/h2-5,7-8,10,12,16H,6,9,11,13H2,1H3,(H,22,23)/t16-,21+/m0/s1. The van der Waals surface area contributed by atoms with Gasteiger partial charge in [0, 0.05) is 12.7 Å². The summed E-state index contributed by atoms with van der Waals surface area (Å²) in [6.45, 7) is 2.47. The van der Waals surface area contributed by atoms with E-state index in [1.165, 1.54) is 0 Å². The van der Waals surface area contributed by atoms with Crippen LogP contribution in [0.2, 0.25) is 0 Å². The van der Waals surface area contributed by atoms with Crippen molar-refractivity contribution in [1.82, 2.24) is 19.8 Å². The molecule has 1 aromatic heterocycles. The minimum Gasteiger partial charge on any atom is -0.340 e. The SMILES string of the molecule is C[C@@]1(CC(=O)N2CCC[C@H]2c2nc3ccccc3[nH]2)C(=O)N=C2C=CC=CN21. The fraction of sp³-hybridized carbons (Fsp3) is 0.333. The van der Waals surface area contributed by atoms with E-state index in [9.17, 15) is 9.59 Å². The van der Waals surface area contributed by atoms with Crippen LogP contribution in [0.25, 0.3) is 11.0 Å². The van der Waals surface area contributed by atoms with Gasteiger partial charge in [0.1, 0.15) is 17.2 Å². The van der Waals surface area contributed by atoms with E-state index in [2.05, 4.69) is 15.0 Å². The van der Waals surface area contributed by atoms with Gasteiger partial charge in [-0.25, -0.2) is 4.98 Å². The van der Waals surface area contributed by atoms with E-state index in [1.807, 2.05) is 47.5 Å². The molecule has 3 aliphatic heterocycles. The summed E-state index contributed by atoms with van der Waals surface area (Å²) in [5.41, 5.74) is 0.894. The lowest BCUT2D eigenvalue weighted by Crippen LogP contribution is -2.50. The van der Waals surface area contributed by atoms with E-state index in [0.717, 1.165) is 29.7 Å². The molecule has 0 saturated carbocycles. The van der Waals surface area contributed by atoms with Crippen molar-refractivity contribution in [1.29, 1.82) is 0 Å². The highest BCUT2D eigenvalue weighted by atomic mass is 16.2. The summed E-state index contributed by atoms with van der Waals surface area (Å²) in [4.78, 5) is 41.7. The van der Waals surface area contributed by atoms with Gasteiger partial charge in [0.2, 0.25) is 5.91 Å². The highest BCUT2D eigenvalue weighted by molar-refractivity contribution is 6.13. The maximum atomic E-state index is 13.2. The van der Waals surface area contributed by atoms with Crippen molar-refractivity contribution < 1.29 is 9.59 Å². The molecule has 0 aliphatic carbocycles. The summed E-state index contributed by atoms with van der Waals surface area (Å²) >= 11 is 0. The minimum absolute atomic E-state index is 0.0433. The van der Waals surface area contributed by atoms with Crippen molar-refractivity contribution in [3.05, 3.63) is 54.5 Å². The first-order valence-corrected chi connectivity index (χ1v) is 9.58. The number of imidazole rings is 1. The number of benzene rings is 1. The van der Waals surface area contributed by atoms with Gasteiger partial charge in [0.25, 0.3) is 5.91 Å². The quantitative estimate of drug-likeness (QED) is 0.894. The molecule has 7 heteroatoms. The van der Waals surface area contributed by atoms with Gasteiger partial charge in [-0.05, 0) is 44.1 Å². The molecule has 2 atom stereocenters. The Labute approximate surface area is 162 Å². The van der Waals surface area contributed by atoms with Crippen molar-refractivity contribution in [2.75, 3.05) is 6.54 Å². The fourth-order valence-electron chi connectivity index (χ4n) is 4.31. The molecule has 28 heavy (non-hydrogen) atoms. The third-order valence-corrected chi connectivity index (χ3v) is 5.84. The molecule has 142 valence electrons. The number of aromatic amines is 1. The van der Waals surface area contributed by atoms with E-state index in [0.29, 0.717) is 12.4 Å². The van der Waals surface area contributed by atoms with Crippen molar-refractivity contribution in [3.8, 4) is 0 Å². The summed E-state index contributed by atoms with van der Waals surface area (Å²) in [6, 6.07) is 7.78. The number of carbonyl (C=O) groups is 2. The molecular formula is C21H21N5O2. The molecule has 0 radical (unpaired) electrons. The fourth-order valence-corrected chi connectivity index (χ4v) is 4.31. The Morgan fingerprint density at radius 3 is 3.04 bits per heavy atom. The number of hydrogen-bond acceptors (Lipinski definition) is 4. The average Bonchev–Trinajstić information content (AvgIpc) is 3.39. The van der Waals surface area contributed by atoms with Gasteiger partial charge in [-0.2, -0.15) is 4.99 Å². The zero-order valence-electron chi connectivity index (χ0n) is 15.6. The summed E-state index contributed by atoms with van der Waals surface area (Å²) in [6.07, 6.45) is 9.18. The van der Waals surface area contributed by atoms with Crippen molar-refractivity contribution in [3.63, 3.8) is 0 Å². The Balaban J connectivity index is 1.39. The second-order valence-corrected chi connectivity index (χ2v) is 7.68. The van der Waals surface area contributed by atoms with Crippen LogP contribution in [0.15, 0.2) is 53.7 Å². The molecule has 1 N–H and O–H groups in total. The second kappa shape index (κ2) is 6.15. The Morgan fingerprint density at radius 2 is 2.18 bits per heavy atom. The van der Waals surface area contributed by atoms with E-state index < -0.39 is 5.54 Å². The lowest BCUT2D eigenvalue weighted by molar-refractivity contribution is -0.138. The van der Waals surface area contributed by atoms with Crippen LogP contribution in [-0.2, 0) is 9.59 Å². The van der Waals surface area contributed by atoms with Crippen molar-refractivity contribution in [2.45, 2.75) is 37.8 Å². The summed E-state index contributed by atoms with van der Waals surface area (Å²) in [7, 11) is 0. The molecule has 2 amide bonds. The monoisotopic (exact) mass is 375 g/mol. The van der Waals surface area contributed by atoms with Gasteiger partial charge in [-0.1, -0.05) is 18.2 Å². The lowest BCUT2D eigenvalue weighted by atomic mass is 9.94. The smallest absolute Gasteiger partial charge is 0.274 e. The summed E-state index contributed by atoms with van der Waals surface area (Å²) in [5, 5.41) is 0. The van der Waals surface area contributed by atoms with E-state index in [1.54, 1.807) is 17.9 Å². The van der Waals surface area contributed by atoms with Gasteiger partial charge in [-0.15, -0.1) is 0 Å². The number of H-pyrrole nitrogens is 1. The van der Waals surface area contributed by atoms with Crippen LogP contribution in [0.4, 0.5) is 0 Å². The topological polar surface area (TPSA) is 81.7 Å². The van der Waals surface area contributed by atoms with Gasteiger partial charge >= 0.3 is 0 Å². The predicted octanol–water partition coefficient (Wildman–Crippen LogP) is 2.70. The van der Waals surface area contributed by atoms with Gasteiger partial charge in [0.05, 0.1) is 23.5 Å². The minimum atomic E-state index is -0.977. The van der Waals surface area contributed by atoms with Crippen molar-refractivity contribution in [2.24, 2.45) is 4.99 Å². The number of nitrogens with zero attached hydrogens (tertiary/aromatic N) is 4. The number of fused-ring (bicyclic) bond motifs is 2. The Hall–Kier alpha value is -3.22. The first kappa shape index (κ1) is 16.9. The molecular weight excluding hydrogens is 354 g/mol. The third-order valence-electron chi connectivity index (χ3n) is 5.84. The van der Waals surface area contributed by atoms with Crippen LogP contribution >= 0.6 is 0 Å². The van der Waals surface area contributed by atoms with Crippen LogP contribution < -0.4 is 0 Å². The third kappa shape index (κ3) is 2.50. The molecule has 0 spiro atoms. The second-order valence-electron chi connectivity index (χ2n) is 7.68. The van der Waals surface area contributed by atoms with Crippen LogP contribution in [0.5, 0.6) is 0 Å². The first-order valence-electron chi connectivity index (χ1n) is 9.58. The van der Waals surface area contributed by atoms with Crippen LogP contribution in [0.1, 0.15) is 38.1 Å². The van der Waals surface area contributed by atoms with Gasteiger partial charge in [0.15, 0.2) is 0 Å². The van der Waals surface area contributed by atoms with Crippen molar-refractivity contribution >= 4 is 28.7 Å². The Kier molecular flexibility index (Phi) is 3.72. The normalized spacial score (nSPS) is 26.2. The van der Waals surface area contributed by atoms with Gasteiger partial charge in [-0.3, -0.25) is 9.59 Å². The van der Waals surface area contributed by atoms with Crippen LogP contribution in [0, 0.1) is 0 Å². The van der Waals surface area contributed by atoms with E-state index in [4.69, 9.17) is 0 Å². The molecule has 4 heterocycles.